The van der Waals surface area contributed by atoms with E-state index in [-0.39, 0.29) is 16.8 Å². The van der Waals surface area contributed by atoms with E-state index in [1.54, 1.807) is 49.1 Å². The number of anilines is 1. The van der Waals surface area contributed by atoms with Crippen molar-refractivity contribution in [1.29, 1.82) is 0 Å². The van der Waals surface area contributed by atoms with Gasteiger partial charge in [0, 0.05) is 18.1 Å². The summed E-state index contributed by atoms with van der Waals surface area (Å²) in [5.41, 5.74) is 1.24. The number of hydrogen-bond acceptors (Lipinski definition) is 6. The van der Waals surface area contributed by atoms with Gasteiger partial charge in [-0.1, -0.05) is 48.2 Å². The smallest absolute Gasteiger partial charge is 0.341 e. The lowest BCUT2D eigenvalue weighted by molar-refractivity contribution is -0.123. The summed E-state index contributed by atoms with van der Waals surface area (Å²) in [6, 6.07) is 21.9. The zero-order valence-electron chi connectivity index (χ0n) is 19.5. The van der Waals surface area contributed by atoms with Crippen LogP contribution in [0.5, 0.6) is 0 Å². The Morgan fingerprint density at radius 1 is 1.00 bits per heavy atom. The van der Waals surface area contributed by atoms with Crippen LogP contribution >= 0.6 is 11.8 Å². The van der Waals surface area contributed by atoms with E-state index in [1.165, 1.54) is 23.4 Å². The van der Waals surface area contributed by atoms with Crippen LogP contribution in [0.3, 0.4) is 0 Å². The fourth-order valence-corrected chi connectivity index (χ4v) is 4.33. The van der Waals surface area contributed by atoms with Crippen LogP contribution in [0.4, 0.5) is 5.69 Å². The minimum absolute atomic E-state index is 0.131. The molecule has 35 heavy (non-hydrogen) atoms. The Kier molecular flexibility index (Phi) is 7.17. The first-order valence-corrected chi connectivity index (χ1v) is 11.7. The van der Waals surface area contributed by atoms with Gasteiger partial charge in [-0.15, -0.1) is 0 Å². The molecule has 0 radical (unpaired) electrons. The molecule has 0 spiro atoms. The van der Waals surface area contributed by atoms with Crippen LogP contribution < -0.4 is 10.9 Å². The van der Waals surface area contributed by atoms with Crippen LogP contribution in [-0.2, 0) is 16.6 Å². The third kappa shape index (κ3) is 5.20. The molecule has 178 valence electrons. The first-order chi connectivity index (χ1) is 16.9. The van der Waals surface area contributed by atoms with Crippen LogP contribution in [0.25, 0.3) is 5.69 Å². The van der Waals surface area contributed by atoms with Crippen molar-refractivity contribution in [3.8, 4) is 5.69 Å². The second kappa shape index (κ2) is 10.4. The zero-order chi connectivity index (χ0) is 24.9. The van der Waals surface area contributed by atoms with Crippen LogP contribution in [-0.4, -0.2) is 32.3 Å². The van der Waals surface area contributed by atoms with Gasteiger partial charge in [-0.3, -0.25) is 14.3 Å². The summed E-state index contributed by atoms with van der Waals surface area (Å²) in [6.45, 7) is 3.19. The molecule has 0 saturated carbocycles. The normalized spacial score (nSPS) is 11.6. The van der Waals surface area contributed by atoms with Gasteiger partial charge >= 0.3 is 5.97 Å². The van der Waals surface area contributed by atoms with Gasteiger partial charge in [-0.2, -0.15) is 0 Å². The summed E-state index contributed by atoms with van der Waals surface area (Å²) >= 11 is 1.33. The SMILES string of the molecule is Cc1c(NC(=O)[C@@H](C)OC(=O)c2cccnc2Sc2ccccc2)c(=O)n(-c2ccccc2)n1C. The van der Waals surface area contributed by atoms with Crippen molar-refractivity contribution in [2.45, 2.75) is 29.9 Å². The van der Waals surface area contributed by atoms with E-state index in [9.17, 15) is 14.4 Å². The minimum Gasteiger partial charge on any atom is -0.449 e. The van der Waals surface area contributed by atoms with E-state index in [1.807, 2.05) is 48.5 Å². The highest BCUT2D eigenvalue weighted by molar-refractivity contribution is 7.99. The number of hydrogen-bond donors (Lipinski definition) is 1. The molecule has 0 unspecified atom stereocenters. The van der Waals surface area contributed by atoms with Crippen LogP contribution in [0.2, 0.25) is 0 Å². The Labute approximate surface area is 206 Å². The third-order valence-corrected chi connectivity index (χ3v) is 6.43. The van der Waals surface area contributed by atoms with Gasteiger partial charge in [0.15, 0.2) is 6.10 Å². The lowest BCUT2D eigenvalue weighted by atomic mass is 10.3. The summed E-state index contributed by atoms with van der Waals surface area (Å²) < 4.78 is 8.55. The highest BCUT2D eigenvalue weighted by Crippen LogP contribution is 2.29. The molecule has 2 aromatic carbocycles. The molecule has 1 amide bonds. The van der Waals surface area contributed by atoms with Gasteiger partial charge in [-0.05, 0) is 50.2 Å². The number of rotatable bonds is 7. The number of carbonyl (C=O) groups excluding carboxylic acids is 2. The highest BCUT2D eigenvalue weighted by atomic mass is 32.2. The average molecular weight is 489 g/mol. The van der Waals surface area contributed by atoms with Gasteiger partial charge in [0.05, 0.1) is 16.9 Å². The topological polar surface area (TPSA) is 95.2 Å². The predicted octanol–water partition coefficient (Wildman–Crippen LogP) is 4.21. The summed E-state index contributed by atoms with van der Waals surface area (Å²) in [5, 5.41) is 3.10. The largest absolute Gasteiger partial charge is 0.449 e. The fraction of sp³-hybridized carbons (Fsp3) is 0.154. The molecule has 4 aromatic rings. The standard InChI is InChI=1S/C26H24N4O4S/c1-17-22(25(32)30(29(17)3)19-11-6-4-7-12-19)28-23(31)18(2)34-26(33)21-15-10-16-27-24(21)35-20-13-8-5-9-14-20/h4-16,18H,1-3H3,(H,28,31)/t18-/m1/s1. The Bertz CT molecular complexity index is 1410. The molecule has 2 heterocycles. The van der Waals surface area contributed by atoms with E-state index in [2.05, 4.69) is 10.3 Å². The quantitative estimate of drug-likeness (QED) is 0.392. The van der Waals surface area contributed by atoms with Gasteiger partial charge in [0.2, 0.25) is 0 Å². The van der Waals surface area contributed by atoms with E-state index in [0.717, 1.165) is 4.90 Å². The van der Waals surface area contributed by atoms with Gasteiger partial charge < -0.3 is 10.1 Å². The summed E-state index contributed by atoms with van der Waals surface area (Å²) in [4.78, 5) is 44.0. The Morgan fingerprint density at radius 2 is 1.66 bits per heavy atom. The van der Waals surface area contributed by atoms with Crippen molar-refractivity contribution < 1.29 is 14.3 Å². The predicted molar refractivity (Wildman–Crippen MR) is 134 cm³/mol. The van der Waals surface area contributed by atoms with Crippen LogP contribution in [0, 0.1) is 6.92 Å². The van der Waals surface area contributed by atoms with Crippen molar-refractivity contribution in [3.63, 3.8) is 0 Å². The van der Waals surface area contributed by atoms with Gasteiger partial charge in [0.25, 0.3) is 11.5 Å². The summed E-state index contributed by atoms with van der Waals surface area (Å²) in [6.07, 6.45) is 0.454. The molecule has 0 aliphatic heterocycles. The monoisotopic (exact) mass is 488 g/mol. The fourth-order valence-electron chi connectivity index (χ4n) is 3.44. The molecular formula is C26H24N4O4S. The molecule has 1 atom stereocenters. The molecule has 0 fully saturated rings. The molecule has 0 saturated heterocycles. The summed E-state index contributed by atoms with van der Waals surface area (Å²) in [7, 11) is 1.73. The molecule has 0 aliphatic carbocycles. The number of esters is 1. The second-order valence-electron chi connectivity index (χ2n) is 7.74. The van der Waals surface area contributed by atoms with Crippen molar-refractivity contribution in [3.05, 3.63) is 101 Å². The van der Waals surface area contributed by atoms with E-state index < -0.39 is 18.0 Å². The van der Waals surface area contributed by atoms with Crippen LogP contribution in [0.15, 0.2) is 93.7 Å². The Morgan fingerprint density at radius 3 is 2.34 bits per heavy atom. The van der Waals surface area contributed by atoms with Crippen molar-refractivity contribution >= 4 is 29.3 Å². The Hall–Kier alpha value is -4.11. The molecule has 4 rings (SSSR count). The van der Waals surface area contributed by atoms with Gasteiger partial charge in [0.1, 0.15) is 10.7 Å². The van der Waals surface area contributed by atoms with E-state index in [0.29, 0.717) is 16.4 Å². The number of carbonyl (C=O) groups is 2. The first kappa shape index (κ1) is 24.0. The first-order valence-electron chi connectivity index (χ1n) is 10.9. The van der Waals surface area contributed by atoms with Crippen LogP contribution in [0.1, 0.15) is 23.0 Å². The van der Waals surface area contributed by atoms with Crippen molar-refractivity contribution in [2.24, 2.45) is 7.05 Å². The maximum absolute atomic E-state index is 13.0. The minimum atomic E-state index is -1.14. The number of aromatic nitrogens is 3. The van der Waals surface area contributed by atoms with E-state index >= 15 is 0 Å². The molecule has 1 N–H and O–H groups in total. The molecular weight excluding hydrogens is 464 g/mol. The number of pyridine rings is 1. The number of nitrogens with zero attached hydrogens (tertiary/aromatic N) is 3. The molecule has 0 bridgehead atoms. The number of benzene rings is 2. The molecule has 8 nitrogen and oxygen atoms in total. The maximum atomic E-state index is 13.0. The maximum Gasteiger partial charge on any atom is 0.341 e. The molecule has 9 heteroatoms. The number of para-hydroxylation sites is 1. The van der Waals surface area contributed by atoms with Crippen molar-refractivity contribution in [1.82, 2.24) is 14.3 Å². The van der Waals surface area contributed by atoms with E-state index in [4.69, 9.17) is 4.74 Å². The molecule has 2 aromatic heterocycles. The average Bonchev–Trinajstić information content (AvgIpc) is 3.08. The lowest BCUT2D eigenvalue weighted by Gasteiger charge is -2.14. The van der Waals surface area contributed by atoms with Gasteiger partial charge in [-0.25, -0.2) is 14.5 Å². The van der Waals surface area contributed by atoms with Crippen molar-refractivity contribution in [2.75, 3.05) is 5.32 Å². The number of amides is 1. The third-order valence-electron chi connectivity index (χ3n) is 5.40. The number of nitrogens with one attached hydrogen (secondary N) is 1. The zero-order valence-corrected chi connectivity index (χ0v) is 20.3. The second-order valence-corrected chi connectivity index (χ2v) is 8.81. The Balaban J connectivity index is 1.50. The lowest BCUT2D eigenvalue weighted by Crippen LogP contribution is -2.32. The summed E-state index contributed by atoms with van der Waals surface area (Å²) in [5.74, 6) is -1.28. The highest BCUT2D eigenvalue weighted by Gasteiger charge is 2.25. The molecule has 0 aliphatic rings. The number of ether oxygens (including phenoxy) is 1.